The molecule has 4 heteroatoms. The third-order valence-electron chi connectivity index (χ3n) is 3.84. The Morgan fingerprint density at radius 1 is 1.33 bits per heavy atom. The molecule has 2 heterocycles. The molecule has 1 unspecified atom stereocenters. The molecule has 110 valence electrons. The second-order valence-corrected chi connectivity index (χ2v) is 6.36. The molecule has 0 radical (unpaired) electrons. The summed E-state index contributed by atoms with van der Waals surface area (Å²) < 4.78 is 7.18. The molecule has 1 aliphatic heterocycles. The smallest absolute Gasteiger partial charge is 0.228 e. The number of aromatic nitrogens is 1. The fourth-order valence-electron chi connectivity index (χ4n) is 2.74. The first-order valence-corrected chi connectivity index (χ1v) is 8.08. The lowest BCUT2D eigenvalue weighted by atomic mass is 9.95. The number of ether oxygens (including phenoxy) is 1. The van der Waals surface area contributed by atoms with Crippen LogP contribution in [0.4, 0.5) is 0 Å². The highest BCUT2D eigenvalue weighted by Crippen LogP contribution is 2.34. The van der Waals surface area contributed by atoms with E-state index in [0.29, 0.717) is 11.8 Å². The zero-order chi connectivity index (χ0) is 14.7. The molecule has 0 aliphatic carbocycles. The second-order valence-electron chi connectivity index (χ2n) is 5.50. The number of benzene rings is 1. The summed E-state index contributed by atoms with van der Waals surface area (Å²) >= 11 is 3.55. The standard InChI is InChI=1S/C17H19BrN2O/c1-12-9-15(18)17(20-10-12)21-16(14-7-8-19-11-14)13-5-3-2-4-6-13/h2-6,9-10,14,16,19H,7-8,11H2,1H3/t14-,16?/m0/s1. The molecule has 2 atom stereocenters. The molecule has 1 fully saturated rings. The SMILES string of the molecule is Cc1cnc(OC(c2ccccc2)[C@H]2CCNC2)c(Br)c1. The highest BCUT2D eigenvalue weighted by atomic mass is 79.9. The van der Waals surface area contributed by atoms with E-state index in [-0.39, 0.29) is 6.10 Å². The summed E-state index contributed by atoms with van der Waals surface area (Å²) in [5.74, 6) is 1.14. The van der Waals surface area contributed by atoms with Gasteiger partial charge in [-0.2, -0.15) is 0 Å². The Hall–Kier alpha value is -1.39. The number of rotatable bonds is 4. The Morgan fingerprint density at radius 3 is 2.81 bits per heavy atom. The van der Waals surface area contributed by atoms with Gasteiger partial charge in [0.2, 0.25) is 5.88 Å². The third-order valence-corrected chi connectivity index (χ3v) is 4.41. The van der Waals surface area contributed by atoms with Gasteiger partial charge in [0, 0.05) is 18.7 Å². The molecule has 0 spiro atoms. The Labute approximate surface area is 133 Å². The van der Waals surface area contributed by atoms with Crippen LogP contribution in [-0.4, -0.2) is 18.1 Å². The van der Waals surface area contributed by atoms with Gasteiger partial charge in [0.05, 0.1) is 4.47 Å². The summed E-state index contributed by atoms with van der Waals surface area (Å²) in [4.78, 5) is 4.43. The van der Waals surface area contributed by atoms with Crippen molar-refractivity contribution in [3.8, 4) is 5.88 Å². The fourth-order valence-corrected chi connectivity index (χ4v) is 3.30. The number of aryl methyl sites for hydroxylation is 1. The minimum atomic E-state index is 0.0349. The molecule has 3 nitrogen and oxygen atoms in total. The van der Waals surface area contributed by atoms with E-state index in [0.717, 1.165) is 29.5 Å². The number of halogens is 1. The molecular weight excluding hydrogens is 328 g/mol. The van der Waals surface area contributed by atoms with Crippen LogP contribution in [0.2, 0.25) is 0 Å². The summed E-state index contributed by atoms with van der Waals surface area (Å²) in [7, 11) is 0. The van der Waals surface area contributed by atoms with Gasteiger partial charge < -0.3 is 10.1 Å². The van der Waals surface area contributed by atoms with E-state index >= 15 is 0 Å². The molecule has 1 aliphatic rings. The van der Waals surface area contributed by atoms with E-state index in [1.54, 1.807) is 0 Å². The van der Waals surface area contributed by atoms with Crippen molar-refractivity contribution in [3.63, 3.8) is 0 Å². The molecule has 3 rings (SSSR count). The molecule has 1 aromatic carbocycles. The average Bonchev–Trinajstić information content (AvgIpc) is 3.01. The third kappa shape index (κ3) is 3.44. The van der Waals surface area contributed by atoms with Crippen LogP contribution in [-0.2, 0) is 0 Å². The molecule has 1 aromatic heterocycles. The molecule has 2 aromatic rings. The monoisotopic (exact) mass is 346 g/mol. The molecule has 1 saturated heterocycles. The van der Waals surface area contributed by atoms with E-state index in [2.05, 4.69) is 50.5 Å². The predicted octanol–water partition coefficient (Wildman–Crippen LogP) is 3.88. The van der Waals surface area contributed by atoms with Gasteiger partial charge in [0.1, 0.15) is 6.10 Å². The van der Waals surface area contributed by atoms with Crippen LogP contribution in [0, 0.1) is 12.8 Å². The van der Waals surface area contributed by atoms with Crippen LogP contribution in [0.15, 0.2) is 47.1 Å². The maximum absolute atomic E-state index is 6.27. The summed E-state index contributed by atoms with van der Waals surface area (Å²) in [6.07, 6.45) is 3.01. The van der Waals surface area contributed by atoms with Gasteiger partial charge in [-0.1, -0.05) is 30.3 Å². The molecule has 21 heavy (non-hydrogen) atoms. The van der Waals surface area contributed by atoms with Gasteiger partial charge in [-0.05, 0) is 53.0 Å². The van der Waals surface area contributed by atoms with E-state index in [1.807, 2.05) is 25.3 Å². The molecular formula is C17H19BrN2O. The van der Waals surface area contributed by atoms with Crippen LogP contribution in [0.3, 0.4) is 0 Å². The largest absolute Gasteiger partial charge is 0.468 e. The second kappa shape index (κ2) is 6.58. The summed E-state index contributed by atoms with van der Waals surface area (Å²) in [6.45, 7) is 4.07. The maximum Gasteiger partial charge on any atom is 0.228 e. The Kier molecular flexibility index (Phi) is 4.56. The first kappa shape index (κ1) is 14.5. The number of nitrogens with zero attached hydrogens (tertiary/aromatic N) is 1. The average molecular weight is 347 g/mol. The van der Waals surface area contributed by atoms with Gasteiger partial charge in [0.15, 0.2) is 0 Å². The van der Waals surface area contributed by atoms with Crippen LogP contribution in [0.25, 0.3) is 0 Å². The van der Waals surface area contributed by atoms with Crippen molar-refractivity contribution in [3.05, 3.63) is 58.2 Å². The minimum Gasteiger partial charge on any atom is -0.468 e. The molecule has 0 saturated carbocycles. The first-order chi connectivity index (χ1) is 10.2. The van der Waals surface area contributed by atoms with Crippen LogP contribution in [0.5, 0.6) is 5.88 Å². The first-order valence-electron chi connectivity index (χ1n) is 7.28. The van der Waals surface area contributed by atoms with Crippen molar-refractivity contribution in [1.29, 1.82) is 0 Å². The van der Waals surface area contributed by atoms with Crippen molar-refractivity contribution in [1.82, 2.24) is 10.3 Å². The minimum absolute atomic E-state index is 0.0349. The van der Waals surface area contributed by atoms with E-state index in [9.17, 15) is 0 Å². The lowest BCUT2D eigenvalue weighted by Gasteiger charge is -2.24. The summed E-state index contributed by atoms with van der Waals surface area (Å²) in [5, 5.41) is 3.42. The fraction of sp³-hybridized carbons (Fsp3) is 0.353. The van der Waals surface area contributed by atoms with Crippen molar-refractivity contribution < 1.29 is 4.74 Å². The van der Waals surface area contributed by atoms with Gasteiger partial charge >= 0.3 is 0 Å². The van der Waals surface area contributed by atoms with E-state index in [1.165, 1.54) is 5.56 Å². The van der Waals surface area contributed by atoms with Gasteiger partial charge in [-0.15, -0.1) is 0 Å². The predicted molar refractivity (Wildman–Crippen MR) is 87.5 cm³/mol. The van der Waals surface area contributed by atoms with Gasteiger partial charge in [0.25, 0.3) is 0 Å². The summed E-state index contributed by atoms with van der Waals surface area (Å²) in [5.41, 5.74) is 2.33. The van der Waals surface area contributed by atoms with E-state index < -0.39 is 0 Å². The van der Waals surface area contributed by atoms with Crippen molar-refractivity contribution >= 4 is 15.9 Å². The lowest BCUT2D eigenvalue weighted by molar-refractivity contribution is 0.137. The molecule has 0 amide bonds. The number of pyridine rings is 1. The highest BCUT2D eigenvalue weighted by Gasteiger charge is 2.28. The quantitative estimate of drug-likeness (QED) is 0.911. The van der Waals surface area contributed by atoms with Crippen LogP contribution < -0.4 is 10.1 Å². The zero-order valence-electron chi connectivity index (χ0n) is 12.1. The summed E-state index contributed by atoms with van der Waals surface area (Å²) in [6, 6.07) is 12.5. The Morgan fingerprint density at radius 2 is 2.14 bits per heavy atom. The number of nitrogens with one attached hydrogen (secondary N) is 1. The molecule has 0 bridgehead atoms. The van der Waals surface area contributed by atoms with Crippen molar-refractivity contribution in [2.24, 2.45) is 5.92 Å². The zero-order valence-corrected chi connectivity index (χ0v) is 13.6. The Balaban J connectivity index is 1.88. The van der Waals surface area contributed by atoms with Gasteiger partial charge in [-0.25, -0.2) is 4.98 Å². The van der Waals surface area contributed by atoms with Crippen molar-refractivity contribution in [2.45, 2.75) is 19.4 Å². The Bertz CT molecular complexity index is 597. The van der Waals surface area contributed by atoms with E-state index in [4.69, 9.17) is 4.74 Å². The maximum atomic E-state index is 6.27. The topological polar surface area (TPSA) is 34.1 Å². The van der Waals surface area contributed by atoms with Crippen LogP contribution in [0.1, 0.15) is 23.7 Å². The number of hydrogen-bond donors (Lipinski definition) is 1. The van der Waals surface area contributed by atoms with Crippen molar-refractivity contribution in [2.75, 3.05) is 13.1 Å². The lowest BCUT2D eigenvalue weighted by Crippen LogP contribution is -2.21. The normalized spacial score (nSPS) is 19.4. The van der Waals surface area contributed by atoms with Crippen LogP contribution >= 0.6 is 15.9 Å². The highest BCUT2D eigenvalue weighted by molar-refractivity contribution is 9.10. The molecule has 1 N–H and O–H groups in total. The van der Waals surface area contributed by atoms with Gasteiger partial charge in [-0.3, -0.25) is 0 Å². The number of hydrogen-bond acceptors (Lipinski definition) is 3.